The van der Waals surface area contributed by atoms with E-state index >= 15 is 0 Å². The van der Waals surface area contributed by atoms with Gasteiger partial charge in [0.05, 0.1) is 0 Å². The van der Waals surface area contributed by atoms with Gasteiger partial charge in [0.1, 0.15) is 11.3 Å². The summed E-state index contributed by atoms with van der Waals surface area (Å²) in [5.74, 6) is -1.74. The van der Waals surface area contributed by atoms with Crippen LogP contribution >= 0.6 is 15.9 Å². The van der Waals surface area contributed by atoms with Crippen LogP contribution in [0.2, 0.25) is 0 Å². The molecule has 0 aliphatic rings. The zero-order valence-electron chi connectivity index (χ0n) is 9.62. The first-order valence-corrected chi connectivity index (χ1v) is 5.49. The fourth-order valence-electron chi connectivity index (χ4n) is 0.988. The van der Waals surface area contributed by atoms with Gasteiger partial charge >= 0.3 is 5.97 Å². The lowest BCUT2D eigenvalue weighted by Crippen LogP contribution is -2.12. The van der Waals surface area contributed by atoms with Gasteiger partial charge in [-0.1, -0.05) is 34.7 Å². The van der Waals surface area contributed by atoms with Gasteiger partial charge in [-0.15, -0.1) is 0 Å². The van der Waals surface area contributed by atoms with Crippen LogP contribution in [0, 0.1) is 5.41 Å². The first-order chi connectivity index (χ1) is 7.81. The summed E-state index contributed by atoms with van der Waals surface area (Å²) in [6.45, 7) is 6.39. The second-order valence-electron chi connectivity index (χ2n) is 3.26. The van der Waals surface area contributed by atoms with Crippen LogP contribution in [0.3, 0.4) is 0 Å². The summed E-state index contributed by atoms with van der Waals surface area (Å²) < 4.78 is 0.702. The summed E-state index contributed by atoms with van der Waals surface area (Å²) in [7, 11) is 0. The number of nitrogens with one attached hydrogen (secondary N) is 1. The third-order valence-corrected chi connectivity index (χ3v) is 2.47. The van der Waals surface area contributed by atoms with Crippen LogP contribution < -0.4 is 0 Å². The van der Waals surface area contributed by atoms with Crippen molar-refractivity contribution in [3.63, 3.8) is 0 Å². The third-order valence-electron chi connectivity index (χ3n) is 1.89. The van der Waals surface area contributed by atoms with E-state index in [1.54, 1.807) is 19.1 Å². The molecule has 0 aromatic heterocycles. The van der Waals surface area contributed by atoms with Gasteiger partial charge in [-0.2, -0.15) is 0 Å². The second-order valence-corrected chi connectivity index (χ2v) is 4.17. The Labute approximate surface area is 108 Å². The number of hydrogen-bond donors (Lipinski definition) is 3. The van der Waals surface area contributed by atoms with Crippen LogP contribution in [0.15, 0.2) is 46.2 Å². The first-order valence-electron chi connectivity index (χ1n) is 4.70. The van der Waals surface area contributed by atoms with Crippen LogP contribution in [-0.4, -0.2) is 21.9 Å². The molecule has 0 saturated heterocycles. The Morgan fingerprint density at radius 3 is 2.18 bits per heavy atom. The van der Waals surface area contributed by atoms with Crippen molar-refractivity contribution in [1.29, 1.82) is 5.41 Å². The summed E-state index contributed by atoms with van der Waals surface area (Å²) in [5.41, 5.74) is -0.246. The lowest BCUT2D eigenvalue weighted by molar-refractivity contribution is -0.132. The predicted molar refractivity (Wildman–Crippen MR) is 71.7 cm³/mol. The maximum Gasteiger partial charge on any atom is 0.341 e. The van der Waals surface area contributed by atoms with Crippen LogP contribution in [0.1, 0.15) is 13.8 Å². The van der Waals surface area contributed by atoms with Gasteiger partial charge in [0.25, 0.3) is 0 Å². The molecule has 17 heavy (non-hydrogen) atoms. The van der Waals surface area contributed by atoms with Crippen molar-refractivity contribution in [3.8, 4) is 0 Å². The number of allylic oxidation sites excluding steroid dienone is 5. The fourth-order valence-corrected chi connectivity index (χ4v) is 1.12. The number of halogens is 1. The summed E-state index contributed by atoms with van der Waals surface area (Å²) in [6.07, 6.45) is 4.72. The Balaban J connectivity index is 5.47. The van der Waals surface area contributed by atoms with Gasteiger partial charge < -0.3 is 15.6 Å². The lowest BCUT2D eigenvalue weighted by atomic mass is 10.1. The third kappa shape index (κ3) is 4.82. The van der Waals surface area contributed by atoms with Crippen LogP contribution in [0.25, 0.3) is 0 Å². The molecule has 0 fully saturated rings. The highest BCUT2D eigenvalue weighted by atomic mass is 79.9. The van der Waals surface area contributed by atoms with Crippen molar-refractivity contribution in [2.75, 3.05) is 0 Å². The fraction of sp³-hybridized carbons (Fsp3) is 0.167. The summed E-state index contributed by atoms with van der Waals surface area (Å²) >= 11 is 3.19. The SMILES string of the molecule is C=C\C(Br)=C/C=C(C)/C(O)=C(/C(C)=N)C(=O)O. The number of rotatable bonds is 5. The molecule has 0 heterocycles. The summed E-state index contributed by atoms with van der Waals surface area (Å²) in [5, 5.41) is 25.9. The molecule has 0 amide bonds. The topological polar surface area (TPSA) is 81.4 Å². The Kier molecular flexibility index (Phi) is 6.20. The molecule has 0 spiro atoms. The molecule has 0 aromatic rings. The van der Waals surface area contributed by atoms with E-state index in [1.807, 2.05) is 0 Å². The van der Waals surface area contributed by atoms with E-state index in [9.17, 15) is 9.90 Å². The summed E-state index contributed by atoms with van der Waals surface area (Å²) in [6, 6.07) is 0. The van der Waals surface area contributed by atoms with Gasteiger partial charge in [-0.3, -0.25) is 0 Å². The van der Waals surface area contributed by atoms with E-state index in [1.165, 1.54) is 13.0 Å². The number of aliphatic hydroxyl groups is 1. The van der Waals surface area contributed by atoms with Gasteiger partial charge in [-0.05, 0) is 25.5 Å². The van der Waals surface area contributed by atoms with Crippen molar-refractivity contribution in [2.45, 2.75) is 13.8 Å². The van der Waals surface area contributed by atoms with E-state index in [0.29, 0.717) is 10.1 Å². The molecule has 0 saturated carbocycles. The molecule has 0 aliphatic carbocycles. The van der Waals surface area contributed by atoms with E-state index < -0.39 is 17.3 Å². The molecular weight excluding hydrogens is 286 g/mol. The van der Waals surface area contributed by atoms with Crippen LogP contribution in [0.5, 0.6) is 0 Å². The van der Waals surface area contributed by atoms with Crippen LogP contribution in [0.4, 0.5) is 0 Å². The average Bonchev–Trinajstić information content (AvgIpc) is 2.23. The average molecular weight is 300 g/mol. The van der Waals surface area contributed by atoms with E-state index in [2.05, 4.69) is 22.5 Å². The molecule has 0 atom stereocenters. The molecule has 0 bridgehead atoms. The van der Waals surface area contributed by atoms with Crippen molar-refractivity contribution in [1.82, 2.24) is 0 Å². The van der Waals surface area contributed by atoms with Crippen molar-refractivity contribution < 1.29 is 15.0 Å². The minimum atomic E-state index is -1.32. The summed E-state index contributed by atoms with van der Waals surface area (Å²) in [4.78, 5) is 10.9. The number of carboxylic acids is 1. The zero-order chi connectivity index (χ0) is 13.6. The number of carbonyl (C=O) groups is 1. The molecule has 3 N–H and O–H groups in total. The van der Waals surface area contributed by atoms with Gasteiger partial charge in [0.2, 0.25) is 0 Å². The Bertz CT molecular complexity index is 429. The monoisotopic (exact) mass is 299 g/mol. The number of aliphatic hydroxyl groups excluding tert-OH is 1. The Hall–Kier alpha value is -1.62. The Morgan fingerprint density at radius 1 is 1.29 bits per heavy atom. The first kappa shape index (κ1) is 15.4. The van der Waals surface area contributed by atoms with E-state index in [-0.39, 0.29) is 5.71 Å². The number of aliphatic carboxylic acids is 1. The largest absolute Gasteiger partial charge is 0.507 e. The quantitative estimate of drug-likeness (QED) is 0.315. The molecule has 5 heteroatoms. The minimum absolute atomic E-state index is 0.200. The van der Waals surface area contributed by atoms with Crippen LogP contribution in [-0.2, 0) is 4.79 Å². The predicted octanol–water partition coefficient (Wildman–Crippen LogP) is 3.33. The second kappa shape index (κ2) is 6.85. The molecule has 0 radical (unpaired) electrons. The van der Waals surface area contributed by atoms with E-state index in [0.717, 1.165) is 0 Å². The maximum atomic E-state index is 10.9. The van der Waals surface area contributed by atoms with Crippen molar-refractivity contribution in [3.05, 3.63) is 46.2 Å². The molecule has 0 unspecified atom stereocenters. The smallest absolute Gasteiger partial charge is 0.341 e. The van der Waals surface area contributed by atoms with Gasteiger partial charge in [0.15, 0.2) is 0 Å². The normalized spacial score (nSPS) is 14.1. The van der Waals surface area contributed by atoms with Crippen molar-refractivity contribution >= 4 is 27.6 Å². The molecule has 0 aromatic carbocycles. The molecule has 92 valence electrons. The molecule has 0 aliphatic heterocycles. The highest BCUT2D eigenvalue weighted by molar-refractivity contribution is 9.11. The Morgan fingerprint density at radius 2 is 1.82 bits per heavy atom. The minimum Gasteiger partial charge on any atom is -0.507 e. The van der Waals surface area contributed by atoms with Gasteiger partial charge in [0, 0.05) is 10.2 Å². The van der Waals surface area contributed by atoms with Gasteiger partial charge in [-0.25, -0.2) is 4.79 Å². The number of hydrogen-bond acceptors (Lipinski definition) is 3. The van der Waals surface area contributed by atoms with Crippen molar-refractivity contribution in [2.24, 2.45) is 0 Å². The molecule has 4 nitrogen and oxygen atoms in total. The van der Waals surface area contributed by atoms with E-state index in [4.69, 9.17) is 10.5 Å². The lowest BCUT2D eigenvalue weighted by Gasteiger charge is -2.05. The highest BCUT2D eigenvalue weighted by Gasteiger charge is 2.16. The zero-order valence-corrected chi connectivity index (χ0v) is 11.2. The number of carboxylic acid groups (broad SMARTS) is 1. The standard InChI is InChI=1S/C12H14BrNO3/c1-4-9(13)6-5-7(2)11(15)10(8(3)14)12(16)17/h4-6,14-15H,1H2,2-3H3,(H,16,17)/b7-5+,9-6+,11-10+,14-8?. The maximum absolute atomic E-state index is 10.9. The molecular formula is C12H14BrNO3. The highest BCUT2D eigenvalue weighted by Crippen LogP contribution is 2.15. The molecule has 0 rings (SSSR count).